The Morgan fingerprint density at radius 3 is 2.90 bits per heavy atom. The molecular weight excluding hydrogens is 256 g/mol. The Hall–Kier alpha value is -2.14. The first-order valence-electron chi connectivity index (χ1n) is 6.71. The van der Waals surface area contributed by atoms with E-state index >= 15 is 0 Å². The van der Waals surface area contributed by atoms with Crippen molar-refractivity contribution in [1.82, 2.24) is 4.98 Å². The smallest absolute Gasteiger partial charge is 0.354 e. The standard InChI is InChI=1S/C15H16N2O3/c18-10-4-3-7-17(9-10)14-8-13(15(19)20)16-12-6-2-1-5-11(12)14/h1-2,5-6,8,10,18H,3-4,7,9H2,(H,19,20). The van der Waals surface area contributed by atoms with E-state index in [0.29, 0.717) is 12.1 Å². The molecule has 1 aromatic heterocycles. The van der Waals surface area contributed by atoms with Crippen LogP contribution in [0.1, 0.15) is 23.3 Å². The van der Waals surface area contributed by atoms with Crippen LogP contribution in [0.5, 0.6) is 0 Å². The van der Waals surface area contributed by atoms with Gasteiger partial charge in [0, 0.05) is 24.2 Å². The number of anilines is 1. The number of hydrogen-bond donors (Lipinski definition) is 2. The Morgan fingerprint density at radius 2 is 2.15 bits per heavy atom. The monoisotopic (exact) mass is 272 g/mol. The van der Waals surface area contributed by atoms with Crippen molar-refractivity contribution >= 4 is 22.6 Å². The molecule has 5 heteroatoms. The van der Waals surface area contributed by atoms with E-state index < -0.39 is 5.97 Å². The van der Waals surface area contributed by atoms with Crippen molar-refractivity contribution in [2.45, 2.75) is 18.9 Å². The molecule has 3 rings (SSSR count). The van der Waals surface area contributed by atoms with Gasteiger partial charge in [-0.1, -0.05) is 18.2 Å². The number of carbonyl (C=O) groups is 1. The van der Waals surface area contributed by atoms with Gasteiger partial charge in [-0.2, -0.15) is 0 Å². The average molecular weight is 272 g/mol. The van der Waals surface area contributed by atoms with Crippen LogP contribution in [-0.2, 0) is 0 Å². The quantitative estimate of drug-likeness (QED) is 0.873. The van der Waals surface area contributed by atoms with Crippen molar-refractivity contribution < 1.29 is 15.0 Å². The van der Waals surface area contributed by atoms with Crippen LogP contribution in [0.4, 0.5) is 5.69 Å². The number of nitrogens with zero attached hydrogens (tertiary/aromatic N) is 2. The number of aliphatic hydroxyl groups is 1. The molecule has 20 heavy (non-hydrogen) atoms. The number of hydrogen-bond acceptors (Lipinski definition) is 4. The van der Waals surface area contributed by atoms with Crippen LogP contribution in [0.25, 0.3) is 10.9 Å². The summed E-state index contributed by atoms with van der Waals surface area (Å²) in [6, 6.07) is 9.10. The lowest BCUT2D eigenvalue weighted by molar-refractivity contribution is 0.0691. The molecule has 0 amide bonds. The number of β-amino-alcohol motifs (C(OH)–C–C–N with tert-alkyl or cyclic N) is 1. The van der Waals surface area contributed by atoms with Gasteiger partial charge in [0.1, 0.15) is 0 Å². The SMILES string of the molecule is O=C(O)c1cc(N2CCCC(O)C2)c2ccccc2n1. The molecule has 1 atom stereocenters. The summed E-state index contributed by atoms with van der Waals surface area (Å²) in [5.74, 6) is -1.03. The number of fused-ring (bicyclic) bond motifs is 1. The van der Waals surface area contributed by atoms with E-state index in [1.54, 1.807) is 6.07 Å². The molecule has 2 heterocycles. The fourth-order valence-corrected chi connectivity index (χ4v) is 2.70. The predicted molar refractivity (Wildman–Crippen MR) is 76.2 cm³/mol. The van der Waals surface area contributed by atoms with Crippen LogP contribution in [-0.4, -0.2) is 40.4 Å². The number of benzene rings is 1. The molecule has 1 aliphatic rings. The summed E-state index contributed by atoms with van der Waals surface area (Å²) < 4.78 is 0. The highest BCUT2D eigenvalue weighted by molar-refractivity contribution is 5.97. The maximum Gasteiger partial charge on any atom is 0.354 e. The molecule has 0 spiro atoms. The number of pyridine rings is 1. The number of para-hydroxylation sites is 1. The Labute approximate surface area is 116 Å². The van der Waals surface area contributed by atoms with Gasteiger partial charge in [0.05, 0.1) is 11.6 Å². The van der Waals surface area contributed by atoms with Gasteiger partial charge in [-0.25, -0.2) is 9.78 Å². The Balaban J connectivity index is 2.14. The van der Waals surface area contributed by atoms with Crippen molar-refractivity contribution in [2.75, 3.05) is 18.0 Å². The highest BCUT2D eigenvalue weighted by atomic mass is 16.4. The van der Waals surface area contributed by atoms with Crippen LogP contribution >= 0.6 is 0 Å². The summed E-state index contributed by atoms with van der Waals surface area (Å²) in [6.45, 7) is 1.36. The number of rotatable bonds is 2. The van der Waals surface area contributed by atoms with Gasteiger partial charge in [-0.05, 0) is 25.0 Å². The Kier molecular flexibility index (Phi) is 3.28. The molecule has 5 nitrogen and oxygen atoms in total. The van der Waals surface area contributed by atoms with E-state index in [1.165, 1.54) is 0 Å². The van der Waals surface area contributed by atoms with Crippen LogP contribution in [0.3, 0.4) is 0 Å². The fraction of sp³-hybridized carbons (Fsp3) is 0.333. The van der Waals surface area contributed by atoms with E-state index in [2.05, 4.69) is 4.98 Å². The zero-order chi connectivity index (χ0) is 14.1. The molecule has 1 aromatic carbocycles. The number of aromatic nitrogens is 1. The summed E-state index contributed by atoms with van der Waals surface area (Å²) in [5, 5.41) is 19.9. The van der Waals surface area contributed by atoms with E-state index in [9.17, 15) is 15.0 Å². The van der Waals surface area contributed by atoms with E-state index in [1.807, 2.05) is 29.2 Å². The minimum atomic E-state index is -1.03. The third kappa shape index (κ3) is 2.32. The zero-order valence-electron chi connectivity index (χ0n) is 11.0. The summed E-state index contributed by atoms with van der Waals surface area (Å²) in [4.78, 5) is 17.4. The number of piperidine rings is 1. The van der Waals surface area contributed by atoms with E-state index in [4.69, 9.17) is 0 Å². The lowest BCUT2D eigenvalue weighted by Gasteiger charge is -2.32. The van der Waals surface area contributed by atoms with Gasteiger partial charge in [0.2, 0.25) is 0 Å². The van der Waals surface area contributed by atoms with Gasteiger partial charge in [0.25, 0.3) is 0 Å². The molecule has 1 unspecified atom stereocenters. The van der Waals surface area contributed by atoms with Crippen molar-refractivity contribution in [2.24, 2.45) is 0 Å². The van der Waals surface area contributed by atoms with Crippen LogP contribution in [0.15, 0.2) is 30.3 Å². The Bertz CT molecular complexity index is 657. The molecule has 104 valence electrons. The molecule has 1 saturated heterocycles. The number of aromatic carboxylic acids is 1. The van der Waals surface area contributed by atoms with Crippen molar-refractivity contribution in [3.8, 4) is 0 Å². The van der Waals surface area contributed by atoms with E-state index in [-0.39, 0.29) is 11.8 Å². The number of aliphatic hydroxyl groups excluding tert-OH is 1. The average Bonchev–Trinajstić information content (AvgIpc) is 2.46. The van der Waals surface area contributed by atoms with Gasteiger partial charge >= 0.3 is 5.97 Å². The lowest BCUT2D eigenvalue weighted by atomic mass is 10.1. The second-order valence-electron chi connectivity index (χ2n) is 5.09. The fourth-order valence-electron chi connectivity index (χ4n) is 2.70. The third-order valence-corrected chi connectivity index (χ3v) is 3.65. The van der Waals surface area contributed by atoms with Crippen LogP contribution in [0, 0.1) is 0 Å². The van der Waals surface area contributed by atoms with Gasteiger partial charge in [-0.15, -0.1) is 0 Å². The second kappa shape index (κ2) is 5.09. The molecule has 2 aromatic rings. The molecule has 0 aliphatic carbocycles. The number of carboxylic acids is 1. The maximum atomic E-state index is 11.2. The topological polar surface area (TPSA) is 73.7 Å². The normalized spacial score (nSPS) is 19.2. The minimum Gasteiger partial charge on any atom is -0.477 e. The largest absolute Gasteiger partial charge is 0.477 e. The first kappa shape index (κ1) is 12.9. The molecule has 0 saturated carbocycles. The summed E-state index contributed by atoms with van der Waals surface area (Å²) >= 11 is 0. The van der Waals surface area contributed by atoms with Gasteiger partial charge in [0.15, 0.2) is 5.69 Å². The maximum absolute atomic E-state index is 11.2. The highest BCUT2D eigenvalue weighted by Gasteiger charge is 2.21. The van der Waals surface area contributed by atoms with Gasteiger partial charge < -0.3 is 15.1 Å². The number of carboxylic acid groups (broad SMARTS) is 1. The lowest BCUT2D eigenvalue weighted by Crippen LogP contribution is -2.38. The van der Waals surface area contributed by atoms with Gasteiger partial charge in [-0.3, -0.25) is 0 Å². The molecule has 0 radical (unpaired) electrons. The first-order valence-corrected chi connectivity index (χ1v) is 6.71. The van der Waals surface area contributed by atoms with Crippen LogP contribution < -0.4 is 4.90 Å². The van der Waals surface area contributed by atoms with Crippen molar-refractivity contribution in [1.29, 1.82) is 0 Å². The zero-order valence-corrected chi connectivity index (χ0v) is 11.0. The molecule has 0 bridgehead atoms. The summed E-state index contributed by atoms with van der Waals surface area (Å²) in [7, 11) is 0. The minimum absolute atomic E-state index is 0.0405. The van der Waals surface area contributed by atoms with Crippen molar-refractivity contribution in [3.63, 3.8) is 0 Å². The van der Waals surface area contributed by atoms with E-state index in [0.717, 1.165) is 30.5 Å². The first-order chi connectivity index (χ1) is 9.65. The summed E-state index contributed by atoms with van der Waals surface area (Å²) in [6.07, 6.45) is 1.34. The third-order valence-electron chi connectivity index (χ3n) is 3.65. The van der Waals surface area contributed by atoms with Crippen LogP contribution in [0.2, 0.25) is 0 Å². The molecular formula is C15H16N2O3. The summed E-state index contributed by atoms with van der Waals surface area (Å²) in [5.41, 5.74) is 1.55. The Morgan fingerprint density at radius 1 is 1.35 bits per heavy atom. The highest BCUT2D eigenvalue weighted by Crippen LogP contribution is 2.29. The van der Waals surface area contributed by atoms with Crippen molar-refractivity contribution in [3.05, 3.63) is 36.0 Å². The predicted octanol–water partition coefficient (Wildman–Crippen LogP) is 1.89. The second-order valence-corrected chi connectivity index (χ2v) is 5.09. The molecule has 1 fully saturated rings. The molecule has 1 aliphatic heterocycles. The molecule has 2 N–H and O–H groups in total.